The summed E-state index contributed by atoms with van der Waals surface area (Å²) in [6.07, 6.45) is 2.40. The summed E-state index contributed by atoms with van der Waals surface area (Å²) >= 11 is 3.38. The number of nitrogens with zero attached hydrogens (tertiary/aromatic N) is 2. The van der Waals surface area contributed by atoms with E-state index >= 15 is 0 Å². The van der Waals surface area contributed by atoms with E-state index in [4.69, 9.17) is 0 Å². The van der Waals surface area contributed by atoms with Crippen molar-refractivity contribution in [1.29, 1.82) is 0 Å². The molecule has 2 rings (SSSR count). The van der Waals surface area contributed by atoms with Gasteiger partial charge < -0.3 is 10.2 Å². The Morgan fingerprint density at radius 3 is 2.80 bits per heavy atom. The summed E-state index contributed by atoms with van der Waals surface area (Å²) in [7, 11) is 2.17. The smallest absolute Gasteiger partial charge is 0.127 e. The van der Waals surface area contributed by atoms with Gasteiger partial charge in [0.2, 0.25) is 0 Å². The minimum absolute atomic E-state index is 0.572. The predicted molar refractivity (Wildman–Crippen MR) is 66.1 cm³/mol. The number of hydrogen-bond acceptors (Lipinski definition) is 3. The molecule has 1 aliphatic rings. The Morgan fingerprint density at radius 1 is 1.40 bits per heavy atom. The van der Waals surface area contributed by atoms with Crippen molar-refractivity contribution >= 4 is 21.7 Å². The van der Waals surface area contributed by atoms with Gasteiger partial charge in [0.15, 0.2) is 0 Å². The van der Waals surface area contributed by atoms with Crippen molar-refractivity contribution in [2.45, 2.75) is 18.9 Å². The molecule has 0 unspecified atom stereocenters. The summed E-state index contributed by atoms with van der Waals surface area (Å²) in [5.74, 6) is 0.971. The number of hydrogen-bond donors (Lipinski definition) is 1. The maximum Gasteiger partial charge on any atom is 0.127 e. The Morgan fingerprint density at radius 2 is 2.13 bits per heavy atom. The largest absolute Gasteiger partial charge is 0.367 e. The zero-order valence-corrected chi connectivity index (χ0v) is 10.5. The van der Waals surface area contributed by atoms with E-state index in [9.17, 15) is 0 Å². The van der Waals surface area contributed by atoms with Gasteiger partial charge in [-0.05, 0) is 61.0 Å². The summed E-state index contributed by atoms with van der Waals surface area (Å²) < 4.78 is 0.889. The number of rotatable bonds is 2. The molecule has 3 nitrogen and oxygen atoms in total. The fourth-order valence-corrected chi connectivity index (χ4v) is 2.19. The average Bonchev–Trinajstić information content (AvgIpc) is 2.22. The maximum absolute atomic E-state index is 4.38. The number of nitrogens with one attached hydrogen (secondary N) is 1. The first-order valence-corrected chi connectivity index (χ1v) is 6.11. The molecule has 1 aromatic heterocycles. The fourth-order valence-electron chi connectivity index (χ4n) is 1.85. The second-order valence-corrected chi connectivity index (χ2v) is 4.88. The number of likely N-dealkylation sites (tertiary alicyclic amines) is 1. The molecule has 0 aromatic carbocycles. The minimum atomic E-state index is 0.572. The molecule has 0 spiro atoms. The molecular weight excluding hydrogens is 254 g/mol. The zero-order valence-electron chi connectivity index (χ0n) is 8.91. The van der Waals surface area contributed by atoms with E-state index in [0.29, 0.717) is 6.04 Å². The van der Waals surface area contributed by atoms with Gasteiger partial charge in [-0.25, -0.2) is 4.98 Å². The van der Waals surface area contributed by atoms with Crippen LogP contribution >= 0.6 is 15.9 Å². The minimum Gasteiger partial charge on any atom is -0.367 e. The topological polar surface area (TPSA) is 28.2 Å². The van der Waals surface area contributed by atoms with Crippen LogP contribution < -0.4 is 5.32 Å². The number of piperidine rings is 1. The molecule has 1 aliphatic heterocycles. The Hall–Kier alpha value is -0.610. The van der Waals surface area contributed by atoms with E-state index in [1.807, 2.05) is 18.2 Å². The van der Waals surface area contributed by atoms with Gasteiger partial charge in [-0.3, -0.25) is 0 Å². The van der Waals surface area contributed by atoms with Crippen LogP contribution in [0.2, 0.25) is 0 Å². The van der Waals surface area contributed by atoms with Gasteiger partial charge in [-0.15, -0.1) is 0 Å². The third-order valence-electron chi connectivity index (χ3n) is 2.79. The van der Waals surface area contributed by atoms with E-state index in [0.717, 1.165) is 10.4 Å². The van der Waals surface area contributed by atoms with Gasteiger partial charge >= 0.3 is 0 Å². The lowest BCUT2D eigenvalue weighted by molar-refractivity contribution is 0.263. The molecule has 4 heteroatoms. The third kappa shape index (κ3) is 3.18. The predicted octanol–water partition coefficient (Wildman–Crippen LogP) is 2.35. The van der Waals surface area contributed by atoms with Crippen molar-refractivity contribution in [3.05, 3.63) is 22.8 Å². The average molecular weight is 270 g/mol. The van der Waals surface area contributed by atoms with E-state index in [1.165, 1.54) is 25.9 Å². The Bertz CT molecular complexity index is 321. The van der Waals surface area contributed by atoms with Crippen LogP contribution in [-0.4, -0.2) is 36.1 Å². The second-order valence-electron chi connectivity index (χ2n) is 4.07. The molecule has 0 amide bonds. The molecule has 0 radical (unpaired) electrons. The highest BCUT2D eigenvalue weighted by molar-refractivity contribution is 9.10. The molecule has 1 fully saturated rings. The van der Waals surface area contributed by atoms with Crippen LogP contribution in [0.5, 0.6) is 0 Å². The first-order valence-electron chi connectivity index (χ1n) is 5.32. The van der Waals surface area contributed by atoms with E-state index in [1.54, 1.807) is 0 Å². The highest BCUT2D eigenvalue weighted by Crippen LogP contribution is 2.15. The normalized spacial score (nSPS) is 19.1. The molecule has 15 heavy (non-hydrogen) atoms. The van der Waals surface area contributed by atoms with Crippen LogP contribution in [0.1, 0.15) is 12.8 Å². The Balaban J connectivity index is 1.92. The quantitative estimate of drug-likeness (QED) is 0.836. The Labute approximate surface area is 99.0 Å². The molecule has 0 bridgehead atoms. The SMILES string of the molecule is CN1CCC(Nc2cccc(Br)n2)CC1. The van der Waals surface area contributed by atoms with Crippen LogP contribution in [0.25, 0.3) is 0 Å². The standard InChI is InChI=1S/C11H16BrN3/c1-15-7-5-9(6-8-15)13-11-4-2-3-10(12)14-11/h2-4,9H,5-8H2,1H3,(H,13,14). The van der Waals surface area contributed by atoms with Gasteiger partial charge in [0.1, 0.15) is 10.4 Å². The number of halogens is 1. The van der Waals surface area contributed by atoms with Crippen LogP contribution in [0, 0.1) is 0 Å². The molecule has 2 heterocycles. The zero-order chi connectivity index (χ0) is 10.7. The summed E-state index contributed by atoms with van der Waals surface area (Å²) in [6.45, 7) is 2.34. The lowest BCUT2D eigenvalue weighted by Crippen LogP contribution is -2.36. The van der Waals surface area contributed by atoms with E-state index < -0.39 is 0 Å². The maximum atomic E-state index is 4.38. The summed E-state index contributed by atoms with van der Waals surface area (Å²) in [4.78, 5) is 6.75. The van der Waals surface area contributed by atoms with Gasteiger partial charge in [0.25, 0.3) is 0 Å². The first-order chi connectivity index (χ1) is 7.24. The van der Waals surface area contributed by atoms with Gasteiger partial charge in [0, 0.05) is 6.04 Å². The molecule has 82 valence electrons. The molecule has 0 atom stereocenters. The van der Waals surface area contributed by atoms with Crippen molar-refractivity contribution in [3.63, 3.8) is 0 Å². The molecule has 1 aromatic rings. The van der Waals surface area contributed by atoms with Crippen molar-refractivity contribution in [3.8, 4) is 0 Å². The molecule has 0 saturated carbocycles. The molecule has 0 aliphatic carbocycles. The summed E-state index contributed by atoms with van der Waals surface area (Å²) in [5, 5.41) is 3.47. The third-order valence-corrected chi connectivity index (χ3v) is 3.23. The number of aromatic nitrogens is 1. The van der Waals surface area contributed by atoms with Crippen molar-refractivity contribution in [2.75, 3.05) is 25.5 Å². The summed E-state index contributed by atoms with van der Waals surface area (Å²) in [5.41, 5.74) is 0. The molecule has 1 N–H and O–H groups in total. The highest BCUT2D eigenvalue weighted by Gasteiger charge is 2.16. The first kappa shape index (κ1) is 10.9. The lowest BCUT2D eigenvalue weighted by atomic mass is 10.1. The van der Waals surface area contributed by atoms with E-state index in [2.05, 4.69) is 38.2 Å². The van der Waals surface area contributed by atoms with Gasteiger partial charge in [-0.1, -0.05) is 6.07 Å². The Kier molecular flexibility index (Phi) is 3.59. The van der Waals surface area contributed by atoms with Crippen molar-refractivity contribution in [2.24, 2.45) is 0 Å². The molecular formula is C11H16BrN3. The highest BCUT2D eigenvalue weighted by atomic mass is 79.9. The second kappa shape index (κ2) is 4.94. The molecule has 1 saturated heterocycles. The van der Waals surface area contributed by atoms with Crippen LogP contribution in [-0.2, 0) is 0 Å². The van der Waals surface area contributed by atoms with Crippen LogP contribution in [0.4, 0.5) is 5.82 Å². The van der Waals surface area contributed by atoms with Gasteiger partial charge in [0.05, 0.1) is 0 Å². The van der Waals surface area contributed by atoms with Crippen molar-refractivity contribution in [1.82, 2.24) is 9.88 Å². The van der Waals surface area contributed by atoms with Crippen LogP contribution in [0.15, 0.2) is 22.8 Å². The van der Waals surface area contributed by atoms with Gasteiger partial charge in [-0.2, -0.15) is 0 Å². The monoisotopic (exact) mass is 269 g/mol. The summed E-state index contributed by atoms with van der Waals surface area (Å²) in [6, 6.07) is 6.54. The fraction of sp³-hybridized carbons (Fsp3) is 0.545. The van der Waals surface area contributed by atoms with Crippen LogP contribution in [0.3, 0.4) is 0 Å². The van der Waals surface area contributed by atoms with Crippen molar-refractivity contribution < 1.29 is 0 Å². The number of anilines is 1. The lowest BCUT2D eigenvalue weighted by Gasteiger charge is -2.29. The van der Waals surface area contributed by atoms with E-state index in [-0.39, 0.29) is 0 Å². The number of pyridine rings is 1.